The molecule has 152 valence electrons. The molecular weight excluding hydrogens is 386 g/mol. The number of aromatic nitrogens is 2. The van der Waals surface area contributed by atoms with Crippen LogP contribution in [0.2, 0.25) is 0 Å². The second-order valence-corrected chi connectivity index (χ2v) is 9.43. The molecule has 1 aliphatic carbocycles. The van der Waals surface area contributed by atoms with Gasteiger partial charge in [0.1, 0.15) is 0 Å². The summed E-state index contributed by atoms with van der Waals surface area (Å²) in [5, 5.41) is 4.07. The Balaban J connectivity index is 1.64. The van der Waals surface area contributed by atoms with E-state index in [1.54, 1.807) is 28.6 Å². The van der Waals surface area contributed by atoms with E-state index < -0.39 is 10.0 Å². The zero-order valence-corrected chi connectivity index (χ0v) is 17.3. The predicted molar refractivity (Wildman–Crippen MR) is 111 cm³/mol. The lowest BCUT2D eigenvalue weighted by molar-refractivity contribution is 0.223. The van der Waals surface area contributed by atoms with Gasteiger partial charge in [-0.1, -0.05) is 66.4 Å². The molecule has 1 fully saturated rings. The van der Waals surface area contributed by atoms with Gasteiger partial charge in [-0.3, -0.25) is 0 Å². The Morgan fingerprint density at radius 2 is 1.79 bits per heavy atom. The van der Waals surface area contributed by atoms with Crippen molar-refractivity contribution in [2.24, 2.45) is 0 Å². The van der Waals surface area contributed by atoms with E-state index in [0.717, 1.165) is 43.2 Å². The molecule has 4 rings (SSSR count). The number of benzene rings is 2. The molecule has 0 amide bonds. The number of aryl methyl sites for hydroxylation is 1. The van der Waals surface area contributed by atoms with Crippen molar-refractivity contribution in [2.45, 2.75) is 56.5 Å². The number of hydrogen-bond acceptors (Lipinski definition) is 5. The summed E-state index contributed by atoms with van der Waals surface area (Å²) >= 11 is 0. The van der Waals surface area contributed by atoms with Gasteiger partial charge in [0.25, 0.3) is 0 Å². The molecule has 3 aromatic rings. The molecule has 1 aliphatic rings. The summed E-state index contributed by atoms with van der Waals surface area (Å²) in [5.74, 6) is 0.788. The van der Waals surface area contributed by atoms with Crippen molar-refractivity contribution in [3.63, 3.8) is 0 Å². The maximum atomic E-state index is 13.4. The molecule has 0 aliphatic heterocycles. The van der Waals surface area contributed by atoms with Gasteiger partial charge in [0.15, 0.2) is 0 Å². The molecule has 0 N–H and O–H groups in total. The van der Waals surface area contributed by atoms with Crippen LogP contribution >= 0.6 is 0 Å². The van der Waals surface area contributed by atoms with Gasteiger partial charge >= 0.3 is 0 Å². The molecule has 29 heavy (non-hydrogen) atoms. The first kappa shape index (κ1) is 19.8. The minimum absolute atomic E-state index is 0.0525. The zero-order valence-electron chi connectivity index (χ0n) is 16.5. The SMILES string of the molecule is Cc1cccc(-c2noc(CN(C3CCCCC3)S(=O)(=O)c3ccccc3)n2)c1. The summed E-state index contributed by atoms with van der Waals surface area (Å²) in [5.41, 5.74) is 1.96. The highest BCUT2D eigenvalue weighted by atomic mass is 32.2. The highest BCUT2D eigenvalue weighted by molar-refractivity contribution is 7.89. The fourth-order valence-electron chi connectivity index (χ4n) is 3.86. The first-order chi connectivity index (χ1) is 14.0. The third-order valence-corrected chi connectivity index (χ3v) is 7.28. The normalized spacial score (nSPS) is 15.7. The van der Waals surface area contributed by atoms with E-state index in [9.17, 15) is 8.42 Å². The molecule has 7 heteroatoms. The van der Waals surface area contributed by atoms with Crippen molar-refractivity contribution >= 4 is 10.0 Å². The third-order valence-electron chi connectivity index (χ3n) is 5.37. The van der Waals surface area contributed by atoms with Gasteiger partial charge < -0.3 is 4.52 Å². The van der Waals surface area contributed by atoms with Gasteiger partial charge in [0.05, 0.1) is 11.4 Å². The first-order valence-corrected chi connectivity index (χ1v) is 11.4. The Labute approximate surface area is 171 Å². The minimum Gasteiger partial charge on any atom is -0.338 e. The van der Waals surface area contributed by atoms with Gasteiger partial charge in [-0.25, -0.2) is 8.42 Å². The Bertz CT molecular complexity index is 1060. The van der Waals surface area contributed by atoms with Crippen LogP contribution in [-0.4, -0.2) is 28.9 Å². The first-order valence-electron chi connectivity index (χ1n) is 10.0. The summed E-state index contributed by atoms with van der Waals surface area (Å²) in [4.78, 5) is 4.77. The molecule has 6 nitrogen and oxygen atoms in total. The summed E-state index contributed by atoms with van der Waals surface area (Å²) in [7, 11) is -3.66. The van der Waals surface area contributed by atoms with Crippen molar-refractivity contribution < 1.29 is 12.9 Å². The van der Waals surface area contributed by atoms with Crippen molar-refractivity contribution in [2.75, 3.05) is 0 Å². The molecule has 0 saturated heterocycles. The van der Waals surface area contributed by atoms with Gasteiger partial charge in [-0.2, -0.15) is 9.29 Å². The predicted octanol–water partition coefficient (Wildman–Crippen LogP) is 4.57. The maximum Gasteiger partial charge on any atom is 0.243 e. The number of hydrogen-bond donors (Lipinski definition) is 0. The molecule has 1 heterocycles. The smallest absolute Gasteiger partial charge is 0.243 e. The summed E-state index contributed by atoms with van der Waals surface area (Å²) in [6.45, 7) is 2.09. The van der Waals surface area contributed by atoms with Gasteiger partial charge in [0.2, 0.25) is 21.7 Å². The van der Waals surface area contributed by atoms with Crippen LogP contribution < -0.4 is 0 Å². The summed E-state index contributed by atoms with van der Waals surface area (Å²) in [6.07, 6.45) is 4.91. The summed E-state index contributed by atoms with van der Waals surface area (Å²) < 4.78 is 33.8. The second kappa shape index (κ2) is 8.47. The van der Waals surface area contributed by atoms with Crippen LogP contribution in [0, 0.1) is 6.92 Å². The van der Waals surface area contributed by atoms with Crippen molar-refractivity contribution in [1.82, 2.24) is 14.4 Å². The second-order valence-electron chi connectivity index (χ2n) is 7.54. The van der Waals surface area contributed by atoms with E-state index in [1.165, 1.54) is 0 Å². The molecule has 1 saturated carbocycles. The molecule has 0 spiro atoms. The Morgan fingerprint density at radius 3 is 2.52 bits per heavy atom. The van der Waals surface area contributed by atoms with E-state index in [0.29, 0.717) is 16.6 Å². The Morgan fingerprint density at radius 1 is 1.03 bits per heavy atom. The Hall–Kier alpha value is -2.51. The number of rotatable bonds is 6. The van der Waals surface area contributed by atoms with Crippen LogP contribution in [0.1, 0.15) is 43.6 Å². The van der Waals surface area contributed by atoms with Crippen LogP contribution in [0.25, 0.3) is 11.4 Å². The summed E-state index contributed by atoms with van der Waals surface area (Å²) in [6, 6.07) is 16.4. The molecule has 0 unspecified atom stereocenters. The minimum atomic E-state index is -3.66. The molecule has 0 atom stereocenters. The largest absolute Gasteiger partial charge is 0.338 e. The van der Waals surface area contributed by atoms with E-state index >= 15 is 0 Å². The van der Waals surface area contributed by atoms with E-state index in [1.807, 2.05) is 37.3 Å². The quantitative estimate of drug-likeness (QED) is 0.594. The molecule has 2 aromatic carbocycles. The standard InChI is InChI=1S/C22H25N3O3S/c1-17-9-8-10-18(15-17)22-23-21(28-24-22)16-25(19-11-4-2-5-12-19)29(26,27)20-13-6-3-7-14-20/h3,6-10,13-15,19H,2,4-5,11-12,16H2,1H3. The van der Waals surface area contributed by atoms with E-state index in [4.69, 9.17) is 4.52 Å². The van der Waals surface area contributed by atoms with Crippen LogP contribution in [0.3, 0.4) is 0 Å². The fourth-order valence-corrected chi connectivity index (χ4v) is 5.52. The zero-order chi connectivity index (χ0) is 20.3. The van der Waals surface area contributed by atoms with Gasteiger partial charge in [0, 0.05) is 11.6 Å². The Kier molecular flexibility index (Phi) is 5.78. The van der Waals surface area contributed by atoms with Gasteiger partial charge in [-0.05, 0) is 38.0 Å². The van der Waals surface area contributed by atoms with Crippen LogP contribution in [0.4, 0.5) is 0 Å². The lowest BCUT2D eigenvalue weighted by Gasteiger charge is -2.32. The van der Waals surface area contributed by atoms with Crippen LogP contribution in [0.5, 0.6) is 0 Å². The van der Waals surface area contributed by atoms with E-state index in [-0.39, 0.29) is 12.6 Å². The van der Waals surface area contributed by atoms with E-state index in [2.05, 4.69) is 10.1 Å². The number of nitrogens with zero attached hydrogens (tertiary/aromatic N) is 3. The van der Waals surface area contributed by atoms with Crippen LogP contribution in [-0.2, 0) is 16.6 Å². The van der Waals surface area contributed by atoms with Crippen LogP contribution in [0.15, 0.2) is 64.0 Å². The maximum absolute atomic E-state index is 13.4. The monoisotopic (exact) mass is 411 g/mol. The highest BCUT2D eigenvalue weighted by Gasteiger charge is 2.33. The van der Waals surface area contributed by atoms with Crippen molar-refractivity contribution in [3.8, 4) is 11.4 Å². The third kappa shape index (κ3) is 4.41. The average molecular weight is 412 g/mol. The lowest BCUT2D eigenvalue weighted by atomic mass is 9.95. The average Bonchev–Trinajstić information content (AvgIpc) is 3.22. The molecule has 0 radical (unpaired) electrons. The fraction of sp³-hybridized carbons (Fsp3) is 0.364. The van der Waals surface area contributed by atoms with Gasteiger partial charge in [-0.15, -0.1) is 0 Å². The number of sulfonamides is 1. The van der Waals surface area contributed by atoms with Crippen molar-refractivity contribution in [3.05, 3.63) is 66.1 Å². The molecule has 0 bridgehead atoms. The topological polar surface area (TPSA) is 76.3 Å². The van der Waals surface area contributed by atoms with Crippen molar-refractivity contribution in [1.29, 1.82) is 0 Å². The molecule has 1 aromatic heterocycles. The molecular formula is C22H25N3O3S. The lowest BCUT2D eigenvalue weighted by Crippen LogP contribution is -2.41. The highest BCUT2D eigenvalue weighted by Crippen LogP contribution is 2.29.